The van der Waals surface area contributed by atoms with E-state index in [1.165, 1.54) is 0 Å². The van der Waals surface area contributed by atoms with Gasteiger partial charge in [-0.05, 0) is 36.4 Å². The summed E-state index contributed by atoms with van der Waals surface area (Å²) in [5.74, 6) is 2.07. The highest BCUT2D eigenvalue weighted by molar-refractivity contribution is 6.12. The highest BCUT2D eigenvalue weighted by atomic mass is 16.7. The molecule has 1 fully saturated rings. The Kier molecular flexibility index (Phi) is 4.92. The van der Waals surface area contributed by atoms with Crippen LogP contribution in [0.2, 0.25) is 0 Å². The third-order valence-corrected chi connectivity index (χ3v) is 6.90. The van der Waals surface area contributed by atoms with Crippen molar-refractivity contribution >= 4 is 34.0 Å². The van der Waals surface area contributed by atoms with E-state index in [-0.39, 0.29) is 12.7 Å². The fraction of sp³-hybridized carbons (Fsp3) is 0.214. The van der Waals surface area contributed by atoms with Gasteiger partial charge < -0.3 is 24.4 Å². The fourth-order valence-corrected chi connectivity index (χ4v) is 5.12. The first-order chi connectivity index (χ1) is 17.8. The number of carbonyl (C=O) groups is 1. The van der Waals surface area contributed by atoms with E-state index in [2.05, 4.69) is 22.3 Å². The van der Waals surface area contributed by atoms with Crippen molar-refractivity contribution < 1.29 is 19.0 Å². The summed E-state index contributed by atoms with van der Waals surface area (Å²) in [6.45, 7) is 2.92. The Morgan fingerprint density at radius 1 is 0.889 bits per heavy atom. The maximum absolute atomic E-state index is 14.0. The van der Waals surface area contributed by atoms with E-state index >= 15 is 0 Å². The number of hydrogen-bond donors (Lipinski definition) is 1. The van der Waals surface area contributed by atoms with Crippen LogP contribution in [0, 0.1) is 0 Å². The number of nitrogens with zero attached hydrogens (tertiary/aromatic N) is 3. The first-order valence-electron chi connectivity index (χ1n) is 12.1. The molecule has 7 rings (SSSR count). The van der Waals surface area contributed by atoms with Gasteiger partial charge in [-0.2, -0.15) is 0 Å². The summed E-state index contributed by atoms with van der Waals surface area (Å²) >= 11 is 0. The quantitative estimate of drug-likeness (QED) is 0.460. The normalized spacial score (nSPS) is 18.8. The number of anilines is 3. The molecule has 0 spiro atoms. The summed E-state index contributed by atoms with van der Waals surface area (Å²) in [4.78, 5) is 23.1. The highest BCUT2D eigenvalue weighted by Gasteiger charge is 2.37. The van der Waals surface area contributed by atoms with Crippen LogP contribution in [-0.4, -0.2) is 44.0 Å². The predicted octanol–water partition coefficient (Wildman–Crippen LogP) is 4.57. The molecule has 4 heterocycles. The van der Waals surface area contributed by atoms with E-state index in [1.807, 2.05) is 60.7 Å². The van der Waals surface area contributed by atoms with E-state index in [4.69, 9.17) is 19.2 Å². The first kappa shape index (κ1) is 21.0. The molecule has 1 aromatic heterocycles. The van der Waals surface area contributed by atoms with E-state index in [0.717, 1.165) is 46.7 Å². The second-order valence-electron chi connectivity index (χ2n) is 9.00. The lowest BCUT2D eigenvalue weighted by Crippen LogP contribution is -2.45. The van der Waals surface area contributed by atoms with Crippen LogP contribution in [0.15, 0.2) is 72.8 Å². The number of pyridine rings is 1. The van der Waals surface area contributed by atoms with Gasteiger partial charge in [0.25, 0.3) is 5.91 Å². The molecule has 0 bridgehead atoms. The summed E-state index contributed by atoms with van der Waals surface area (Å²) in [5, 5.41) is 4.66. The van der Waals surface area contributed by atoms with Gasteiger partial charge in [-0.25, -0.2) is 4.98 Å². The molecule has 8 heteroatoms. The molecule has 0 aliphatic carbocycles. The second-order valence-corrected chi connectivity index (χ2v) is 9.00. The molecule has 1 amide bonds. The number of morpholine rings is 1. The molecule has 1 N–H and O–H groups in total. The molecule has 1 unspecified atom stereocenters. The van der Waals surface area contributed by atoms with Crippen molar-refractivity contribution in [1.29, 1.82) is 0 Å². The summed E-state index contributed by atoms with van der Waals surface area (Å²) in [6.07, 6.45) is -0.484. The minimum atomic E-state index is -0.484. The topological polar surface area (TPSA) is 76.2 Å². The number of para-hydroxylation sites is 2. The third kappa shape index (κ3) is 3.41. The number of fused-ring (bicyclic) bond motifs is 3. The molecular weight excluding hydrogens is 456 g/mol. The molecule has 0 saturated carbocycles. The highest BCUT2D eigenvalue weighted by Crippen LogP contribution is 2.43. The minimum absolute atomic E-state index is 0.0886. The Morgan fingerprint density at radius 3 is 2.61 bits per heavy atom. The van der Waals surface area contributed by atoms with Gasteiger partial charge in [-0.15, -0.1) is 0 Å². The van der Waals surface area contributed by atoms with Gasteiger partial charge in [0.15, 0.2) is 11.5 Å². The maximum atomic E-state index is 14.0. The van der Waals surface area contributed by atoms with Gasteiger partial charge in [-0.3, -0.25) is 9.69 Å². The van der Waals surface area contributed by atoms with Crippen molar-refractivity contribution in [2.75, 3.05) is 48.2 Å². The van der Waals surface area contributed by atoms with Gasteiger partial charge in [0.1, 0.15) is 12.0 Å². The number of ether oxygens (including phenoxy) is 3. The zero-order valence-electron chi connectivity index (χ0n) is 19.5. The van der Waals surface area contributed by atoms with Gasteiger partial charge >= 0.3 is 0 Å². The van der Waals surface area contributed by atoms with Crippen molar-refractivity contribution in [2.24, 2.45) is 0 Å². The van der Waals surface area contributed by atoms with Crippen molar-refractivity contribution in [3.8, 4) is 11.5 Å². The maximum Gasteiger partial charge on any atom is 0.262 e. The van der Waals surface area contributed by atoms with Crippen molar-refractivity contribution in [3.05, 3.63) is 83.9 Å². The SMILES string of the molecule is O=C1c2ccccc2NC(c2cc3ccccc3nc2N2CCOCC2)N1c1ccc2c(c1)OCO2. The van der Waals surface area contributed by atoms with Crippen molar-refractivity contribution in [1.82, 2.24) is 4.98 Å². The summed E-state index contributed by atoms with van der Waals surface area (Å²) < 4.78 is 16.8. The summed E-state index contributed by atoms with van der Waals surface area (Å²) in [5.41, 5.74) is 3.98. The number of amides is 1. The zero-order chi connectivity index (χ0) is 24.1. The Morgan fingerprint density at radius 2 is 1.69 bits per heavy atom. The Hall–Kier alpha value is -4.30. The van der Waals surface area contributed by atoms with Gasteiger partial charge in [0.2, 0.25) is 6.79 Å². The number of carbonyl (C=O) groups excluding carboxylic acids is 1. The van der Waals surface area contributed by atoms with Crippen LogP contribution in [-0.2, 0) is 4.74 Å². The average molecular weight is 481 g/mol. The Balaban J connectivity index is 1.43. The van der Waals surface area contributed by atoms with E-state index in [9.17, 15) is 4.79 Å². The lowest BCUT2D eigenvalue weighted by Gasteiger charge is -2.40. The zero-order valence-corrected chi connectivity index (χ0v) is 19.5. The number of rotatable bonds is 3. The molecule has 3 aromatic carbocycles. The van der Waals surface area contributed by atoms with E-state index in [0.29, 0.717) is 30.3 Å². The number of aromatic nitrogens is 1. The van der Waals surface area contributed by atoms with Crippen molar-refractivity contribution in [2.45, 2.75) is 6.17 Å². The van der Waals surface area contributed by atoms with Crippen LogP contribution >= 0.6 is 0 Å². The lowest BCUT2D eigenvalue weighted by molar-refractivity contribution is 0.0974. The summed E-state index contributed by atoms with van der Waals surface area (Å²) in [6, 6.07) is 23.5. The molecule has 36 heavy (non-hydrogen) atoms. The van der Waals surface area contributed by atoms with Crippen LogP contribution in [0.3, 0.4) is 0 Å². The molecule has 1 saturated heterocycles. The van der Waals surface area contributed by atoms with Gasteiger partial charge in [-0.1, -0.05) is 30.3 Å². The Bertz CT molecular complexity index is 1480. The molecule has 0 radical (unpaired) electrons. The second kappa shape index (κ2) is 8.42. The smallest absolute Gasteiger partial charge is 0.262 e. The molecule has 3 aliphatic heterocycles. The van der Waals surface area contributed by atoms with Gasteiger partial charge in [0.05, 0.1) is 30.0 Å². The number of benzene rings is 3. The first-order valence-corrected chi connectivity index (χ1v) is 12.1. The molecule has 4 aromatic rings. The predicted molar refractivity (Wildman–Crippen MR) is 137 cm³/mol. The van der Waals surface area contributed by atoms with Crippen LogP contribution in [0.4, 0.5) is 17.2 Å². The van der Waals surface area contributed by atoms with Crippen LogP contribution in [0.5, 0.6) is 11.5 Å². The standard InChI is InChI=1S/C28H24N4O4/c33-28-20-6-2-4-8-23(20)30-27(32(28)19-9-10-24-25(16-19)36-17-35-24)21-15-18-5-1-3-7-22(18)29-26(21)31-11-13-34-14-12-31/h1-10,15-16,27,30H,11-14,17H2. The molecule has 1 atom stereocenters. The average Bonchev–Trinajstić information content (AvgIpc) is 3.41. The number of nitrogens with one attached hydrogen (secondary N) is 1. The molecule has 8 nitrogen and oxygen atoms in total. The lowest BCUT2D eigenvalue weighted by atomic mass is 10.0. The van der Waals surface area contributed by atoms with Gasteiger partial charge in [0, 0.05) is 35.8 Å². The van der Waals surface area contributed by atoms with E-state index < -0.39 is 6.17 Å². The Labute approximate surface area is 208 Å². The fourth-order valence-electron chi connectivity index (χ4n) is 5.12. The van der Waals surface area contributed by atoms with Crippen LogP contribution in [0.1, 0.15) is 22.1 Å². The molecular formula is C28H24N4O4. The van der Waals surface area contributed by atoms with Crippen LogP contribution < -0.4 is 24.6 Å². The monoisotopic (exact) mass is 480 g/mol. The molecule has 180 valence electrons. The minimum Gasteiger partial charge on any atom is -0.454 e. The van der Waals surface area contributed by atoms with Crippen LogP contribution in [0.25, 0.3) is 10.9 Å². The molecule has 3 aliphatic rings. The largest absolute Gasteiger partial charge is 0.454 e. The van der Waals surface area contributed by atoms with E-state index in [1.54, 1.807) is 4.90 Å². The third-order valence-electron chi connectivity index (χ3n) is 6.90. The number of hydrogen-bond acceptors (Lipinski definition) is 7. The summed E-state index contributed by atoms with van der Waals surface area (Å²) in [7, 11) is 0. The van der Waals surface area contributed by atoms with Crippen molar-refractivity contribution in [3.63, 3.8) is 0 Å².